The Hall–Kier alpha value is -2.27. The van der Waals surface area contributed by atoms with Gasteiger partial charge in [-0.1, -0.05) is 43.7 Å². The van der Waals surface area contributed by atoms with Crippen LogP contribution in [0.2, 0.25) is 5.02 Å². The summed E-state index contributed by atoms with van der Waals surface area (Å²) in [6.45, 7) is 16.6. The normalized spacial score (nSPS) is 13.6. The first-order chi connectivity index (χ1) is 15.4. The molecule has 0 aliphatic carbocycles. The van der Waals surface area contributed by atoms with Crippen LogP contribution >= 0.6 is 11.6 Å². The first-order valence-corrected chi connectivity index (χ1v) is 11.6. The predicted octanol–water partition coefficient (Wildman–Crippen LogP) is 6.20. The van der Waals surface area contributed by atoms with Gasteiger partial charge in [-0.15, -0.1) is 0 Å². The second-order valence-electron chi connectivity index (χ2n) is 7.03. The van der Waals surface area contributed by atoms with Crippen LogP contribution in [-0.4, -0.2) is 44.3 Å². The number of allylic oxidation sites excluding steroid dienone is 3. The fraction of sp³-hybridized carbons (Fsp3) is 0.538. The number of nitrogens with one attached hydrogen (secondary N) is 1. The lowest BCUT2D eigenvalue weighted by atomic mass is 9.96. The summed E-state index contributed by atoms with van der Waals surface area (Å²) in [4.78, 5) is 21.2. The quantitative estimate of drug-likeness (QED) is 0.507. The Kier molecular flexibility index (Phi) is 20.6. The molecule has 0 unspecified atom stereocenters. The van der Waals surface area contributed by atoms with Crippen LogP contribution in [0, 0.1) is 12.8 Å². The van der Waals surface area contributed by atoms with Gasteiger partial charge in [0.15, 0.2) is 0 Å². The number of methoxy groups -OCH3 is 1. The van der Waals surface area contributed by atoms with Crippen molar-refractivity contribution in [2.75, 3.05) is 26.7 Å². The predicted molar refractivity (Wildman–Crippen MR) is 137 cm³/mol. The van der Waals surface area contributed by atoms with E-state index in [2.05, 4.69) is 30.5 Å². The molecule has 32 heavy (non-hydrogen) atoms. The maximum atomic E-state index is 11.2. The third-order valence-corrected chi connectivity index (χ3v) is 5.19. The molecule has 1 N–H and O–H groups in total. The van der Waals surface area contributed by atoms with Gasteiger partial charge in [-0.25, -0.2) is 0 Å². The van der Waals surface area contributed by atoms with Gasteiger partial charge in [0.25, 0.3) is 0 Å². The molecule has 0 spiro atoms. The zero-order valence-corrected chi connectivity index (χ0v) is 21.8. The number of rotatable bonds is 6. The topological polar surface area (TPSA) is 58.6 Å². The molecule has 1 saturated heterocycles. The van der Waals surface area contributed by atoms with Gasteiger partial charge in [-0.3, -0.25) is 4.79 Å². The standard InChI is InChI=1S/C15H26N2O.C8H9ClO.C2H6.CH2O/c1-4-6-7-15(5-2)16-12-14-8-10-17(11-9-14)13(3)18;1-6-5-7(9)3-4-8(6)10-2;2*1-2/h4-6,14,16H,7-12H2,1-3H3;3-5H,1-2H3;1-2H3;1H2/b6-4-,15-5+;;;. The van der Waals surface area contributed by atoms with Gasteiger partial charge in [0.05, 0.1) is 7.11 Å². The molecule has 182 valence electrons. The van der Waals surface area contributed by atoms with Crippen LogP contribution in [0.25, 0.3) is 0 Å². The molecule has 1 heterocycles. The van der Waals surface area contributed by atoms with Crippen molar-refractivity contribution in [1.82, 2.24) is 10.2 Å². The van der Waals surface area contributed by atoms with Crippen molar-refractivity contribution in [2.45, 2.75) is 60.8 Å². The SMILES string of the molecule is C/C=C\C/C(=C\C)NCC1CCN(C(C)=O)CC1.C=O.CC.COc1ccc(Cl)cc1C. The molecule has 5 nitrogen and oxygen atoms in total. The average Bonchev–Trinajstić information content (AvgIpc) is 2.82. The van der Waals surface area contributed by atoms with E-state index in [1.165, 1.54) is 5.70 Å². The Morgan fingerprint density at radius 2 is 1.84 bits per heavy atom. The summed E-state index contributed by atoms with van der Waals surface area (Å²) in [6, 6.07) is 5.55. The molecule has 1 aliphatic heterocycles. The van der Waals surface area contributed by atoms with Crippen LogP contribution in [-0.2, 0) is 9.59 Å². The van der Waals surface area contributed by atoms with Crippen LogP contribution in [0.1, 0.15) is 59.4 Å². The van der Waals surface area contributed by atoms with Gasteiger partial charge in [0.1, 0.15) is 12.5 Å². The number of nitrogens with zero attached hydrogens (tertiary/aromatic N) is 1. The highest BCUT2D eigenvalue weighted by Crippen LogP contribution is 2.20. The summed E-state index contributed by atoms with van der Waals surface area (Å²) in [5.74, 6) is 1.79. The average molecular weight is 467 g/mol. The number of ether oxygens (including phenoxy) is 1. The smallest absolute Gasteiger partial charge is 0.219 e. The molecule has 1 fully saturated rings. The number of carbonyl (C=O) groups is 2. The molecular formula is C26H43ClN2O3. The summed E-state index contributed by atoms with van der Waals surface area (Å²) in [6.07, 6.45) is 9.61. The molecule has 2 rings (SSSR count). The fourth-order valence-corrected chi connectivity index (χ4v) is 3.33. The summed E-state index contributed by atoms with van der Waals surface area (Å²) in [5.41, 5.74) is 2.36. The molecule has 0 radical (unpaired) electrons. The second-order valence-corrected chi connectivity index (χ2v) is 7.47. The van der Waals surface area contributed by atoms with Crippen LogP contribution < -0.4 is 10.1 Å². The molecule has 1 aromatic carbocycles. The second kappa shape index (κ2) is 20.6. The van der Waals surface area contributed by atoms with Gasteiger partial charge in [-0.05, 0) is 63.3 Å². The number of hydrogen-bond donors (Lipinski definition) is 1. The van der Waals surface area contributed by atoms with Gasteiger partial charge in [0, 0.05) is 43.7 Å². The minimum atomic E-state index is 0.212. The highest BCUT2D eigenvalue weighted by molar-refractivity contribution is 6.30. The lowest BCUT2D eigenvalue weighted by Gasteiger charge is -2.31. The monoisotopic (exact) mass is 466 g/mol. The first-order valence-electron chi connectivity index (χ1n) is 11.3. The molecule has 6 heteroatoms. The van der Waals surface area contributed by atoms with E-state index in [9.17, 15) is 4.79 Å². The molecule has 1 aromatic rings. The lowest BCUT2D eigenvalue weighted by Crippen LogP contribution is -2.39. The summed E-state index contributed by atoms with van der Waals surface area (Å²) in [7, 11) is 1.65. The Bertz CT molecular complexity index is 682. The third kappa shape index (κ3) is 13.9. The van der Waals surface area contributed by atoms with Crippen LogP contribution in [0.3, 0.4) is 0 Å². The van der Waals surface area contributed by atoms with E-state index < -0.39 is 0 Å². The summed E-state index contributed by atoms with van der Waals surface area (Å²) in [5, 5.41) is 4.27. The Morgan fingerprint density at radius 1 is 1.25 bits per heavy atom. The highest BCUT2D eigenvalue weighted by Gasteiger charge is 2.20. The van der Waals surface area contributed by atoms with E-state index in [0.717, 1.165) is 55.2 Å². The van der Waals surface area contributed by atoms with Gasteiger partial charge in [-0.2, -0.15) is 0 Å². The lowest BCUT2D eigenvalue weighted by molar-refractivity contribution is -0.130. The number of likely N-dealkylation sites (tertiary alicyclic amines) is 1. The maximum Gasteiger partial charge on any atom is 0.219 e. The maximum absolute atomic E-state index is 11.2. The van der Waals surface area contributed by atoms with Crippen LogP contribution in [0.5, 0.6) is 5.75 Å². The molecule has 0 bridgehead atoms. The van der Waals surface area contributed by atoms with Crippen molar-refractivity contribution < 1.29 is 14.3 Å². The van der Waals surface area contributed by atoms with Gasteiger partial charge >= 0.3 is 0 Å². The number of piperidine rings is 1. The first kappa shape index (κ1) is 31.9. The van der Waals surface area contributed by atoms with E-state index in [-0.39, 0.29) is 5.91 Å². The number of aryl methyl sites for hydroxylation is 1. The van der Waals surface area contributed by atoms with Crippen molar-refractivity contribution in [3.05, 3.63) is 52.7 Å². The number of hydrogen-bond acceptors (Lipinski definition) is 4. The molecule has 0 saturated carbocycles. The van der Waals surface area contributed by atoms with Crippen LogP contribution in [0.4, 0.5) is 0 Å². The van der Waals surface area contributed by atoms with E-state index in [0.29, 0.717) is 5.92 Å². The summed E-state index contributed by atoms with van der Waals surface area (Å²) >= 11 is 5.72. The zero-order chi connectivity index (χ0) is 24.9. The number of carbonyl (C=O) groups excluding carboxylic acids is 2. The molecular weight excluding hydrogens is 424 g/mol. The van der Waals surface area contributed by atoms with Crippen molar-refractivity contribution in [3.8, 4) is 5.75 Å². The van der Waals surface area contributed by atoms with Gasteiger partial charge in [0.2, 0.25) is 5.91 Å². The van der Waals surface area contributed by atoms with Crippen LogP contribution in [0.15, 0.2) is 42.1 Å². The molecule has 0 atom stereocenters. The third-order valence-electron chi connectivity index (χ3n) is 4.96. The highest BCUT2D eigenvalue weighted by atomic mass is 35.5. The van der Waals surface area contributed by atoms with Crippen molar-refractivity contribution >= 4 is 24.3 Å². The van der Waals surface area contributed by atoms with E-state index >= 15 is 0 Å². The fourth-order valence-electron chi connectivity index (χ4n) is 3.11. The number of halogens is 1. The largest absolute Gasteiger partial charge is 0.496 e. The molecule has 1 aliphatic rings. The zero-order valence-electron chi connectivity index (χ0n) is 21.0. The minimum Gasteiger partial charge on any atom is -0.496 e. The van der Waals surface area contributed by atoms with Gasteiger partial charge < -0.3 is 19.7 Å². The van der Waals surface area contributed by atoms with Crippen molar-refractivity contribution in [2.24, 2.45) is 5.92 Å². The van der Waals surface area contributed by atoms with Crippen molar-refractivity contribution in [1.29, 1.82) is 0 Å². The number of amides is 1. The Morgan fingerprint density at radius 3 is 2.28 bits per heavy atom. The minimum absolute atomic E-state index is 0.212. The summed E-state index contributed by atoms with van der Waals surface area (Å²) < 4.78 is 5.04. The Labute approximate surface area is 200 Å². The van der Waals surface area contributed by atoms with Crippen molar-refractivity contribution in [3.63, 3.8) is 0 Å². The molecule has 1 amide bonds. The number of benzene rings is 1. The molecule has 0 aromatic heterocycles. The van der Waals surface area contributed by atoms with E-state index in [1.54, 1.807) is 14.0 Å². The van der Waals surface area contributed by atoms with E-state index in [1.807, 2.05) is 57.6 Å². The Balaban J connectivity index is 0. The van der Waals surface area contributed by atoms with E-state index in [4.69, 9.17) is 21.1 Å².